The molecule has 1 aliphatic heterocycles. The van der Waals surface area contributed by atoms with Gasteiger partial charge in [-0.25, -0.2) is 4.79 Å². The Morgan fingerprint density at radius 3 is 2.67 bits per heavy atom. The first-order valence-electron chi connectivity index (χ1n) is 8.01. The molecule has 0 aliphatic carbocycles. The summed E-state index contributed by atoms with van der Waals surface area (Å²) < 4.78 is 1.51. The number of aromatic nitrogens is 3. The fourth-order valence-electron chi connectivity index (χ4n) is 2.86. The Morgan fingerprint density at radius 1 is 1.33 bits per heavy atom. The van der Waals surface area contributed by atoms with E-state index in [9.17, 15) is 4.79 Å². The minimum Gasteiger partial charge on any atom is -0.371 e. The van der Waals surface area contributed by atoms with Gasteiger partial charge in [0.25, 0.3) is 0 Å². The van der Waals surface area contributed by atoms with Crippen molar-refractivity contribution in [3.05, 3.63) is 35.9 Å². The van der Waals surface area contributed by atoms with Gasteiger partial charge in [0, 0.05) is 44.8 Å². The molecule has 7 nitrogen and oxygen atoms in total. The van der Waals surface area contributed by atoms with Gasteiger partial charge in [-0.05, 0) is 30.9 Å². The molecule has 0 saturated carbocycles. The number of piperidine rings is 1. The van der Waals surface area contributed by atoms with Crippen LogP contribution in [-0.2, 0) is 7.05 Å². The zero-order chi connectivity index (χ0) is 16.9. The van der Waals surface area contributed by atoms with Crippen molar-refractivity contribution >= 4 is 29.0 Å². The number of carbonyl (C=O) groups is 1. The van der Waals surface area contributed by atoms with E-state index in [0.717, 1.165) is 25.9 Å². The summed E-state index contributed by atoms with van der Waals surface area (Å²) in [7, 11) is 1.72. The number of urea groups is 1. The molecule has 2 amide bonds. The van der Waals surface area contributed by atoms with Crippen LogP contribution in [0.15, 0.2) is 30.7 Å². The van der Waals surface area contributed by atoms with Crippen LogP contribution in [0.5, 0.6) is 0 Å². The number of amides is 2. The minimum absolute atomic E-state index is 0.249. The molecule has 24 heavy (non-hydrogen) atoms. The van der Waals surface area contributed by atoms with Crippen molar-refractivity contribution in [1.82, 2.24) is 20.1 Å². The fraction of sp³-hybridized carbons (Fsp3) is 0.438. The van der Waals surface area contributed by atoms with Crippen LogP contribution in [0, 0.1) is 5.92 Å². The monoisotopic (exact) mass is 348 g/mol. The molecule has 2 aromatic heterocycles. The topological polar surface area (TPSA) is 75.1 Å². The zero-order valence-electron chi connectivity index (χ0n) is 13.6. The van der Waals surface area contributed by atoms with E-state index in [1.165, 1.54) is 16.6 Å². The van der Waals surface area contributed by atoms with Gasteiger partial charge in [0.05, 0.1) is 11.9 Å². The summed E-state index contributed by atoms with van der Waals surface area (Å²) in [5.41, 5.74) is 1.73. The van der Waals surface area contributed by atoms with Crippen molar-refractivity contribution in [3.8, 4) is 0 Å². The van der Waals surface area contributed by atoms with Crippen LogP contribution >= 0.6 is 11.6 Å². The quantitative estimate of drug-likeness (QED) is 0.890. The van der Waals surface area contributed by atoms with E-state index in [4.69, 9.17) is 11.6 Å². The zero-order valence-corrected chi connectivity index (χ0v) is 14.3. The molecular weight excluding hydrogens is 328 g/mol. The highest BCUT2D eigenvalue weighted by atomic mass is 35.5. The van der Waals surface area contributed by atoms with Crippen molar-refractivity contribution in [3.63, 3.8) is 0 Å². The van der Waals surface area contributed by atoms with E-state index in [1.54, 1.807) is 7.05 Å². The first-order chi connectivity index (χ1) is 11.6. The smallest absolute Gasteiger partial charge is 0.319 e. The van der Waals surface area contributed by atoms with Gasteiger partial charge in [-0.1, -0.05) is 11.6 Å². The van der Waals surface area contributed by atoms with Gasteiger partial charge in [-0.15, -0.1) is 0 Å². The number of nitrogens with one attached hydrogen (secondary N) is 2. The molecule has 0 radical (unpaired) electrons. The van der Waals surface area contributed by atoms with E-state index in [2.05, 4.69) is 25.6 Å². The Labute approximate surface area is 146 Å². The van der Waals surface area contributed by atoms with Crippen LogP contribution in [0.3, 0.4) is 0 Å². The van der Waals surface area contributed by atoms with Crippen LogP contribution in [0.25, 0.3) is 0 Å². The van der Waals surface area contributed by atoms with E-state index in [-0.39, 0.29) is 6.03 Å². The Bertz CT molecular complexity index is 681. The maximum absolute atomic E-state index is 12.0. The highest BCUT2D eigenvalue weighted by molar-refractivity contribution is 6.32. The summed E-state index contributed by atoms with van der Waals surface area (Å²) in [6, 6.07) is 3.81. The minimum atomic E-state index is -0.249. The lowest BCUT2D eigenvalue weighted by Crippen LogP contribution is -2.39. The number of nitrogens with zero attached hydrogens (tertiary/aromatic N) is 4. The highest BCUT2D eigenvalue weighted by Crippen LogP contribution is 2.22. The lowest BCUT2D eigenvalue weighted by Gasteiger charge is -2.33. The molecule has 1 aliphatic rings. The van der Waals surface area contributed by atoms with Crippen LogP contribution in [0.2, 0.25) is 5.15 Å². The molecule has 1 fully saturated rings. The number of anilines is 2. The summed E-state index contributed by atoms with van der Waals surface area (Å²) in [5.74, 6) is 0.484. The van der Waals surface area contributed by atoms with Gasteiger partial charge in [0.15, 0.2) is 0 Å². The maximum atomic E-state index is 12.0. The van der Waals surface area contributed by atoms with E-state index < -0.39 is 0 Å². The normalized spacial score (nSPS) is 15.3. The van der Waals surface area contributed by atoms with Crippen LogP contribution in [0.1, 0.15) is 12.8 Å². The number of hydrogen-bond donors (Lipinski definition) is 2. The summed E-state index contributed by atoms with van der Waals surface area (Å²) in [6.45, 7) is 2.65. The third-order valence-electron chi connectivity index (χ3n) is 4.31. The second kappa shape index (κ2) is 7.53. The lowest BCUT2D eigenvalue weighted by molar-refractivity contribution is 0.248. The number of rotatable bonds is 4. The first kappa shape index (κ1) is 16.6. The summed E-state index contributed by atoms with van der Waals surface area (Å²) in [5, 5.41) is 10.0. The Balaban J connectivity index is 1.42. The summed E-state index contributed by atoms with van der Waals surface area (Å²) in [6.07, 6.45) is 7.27. The summed E-state index contributed by atoms with van der Waals surface area (Å²) >= 11 is 6.02. The molecular formula is C16H21ClN6O. The van der Waals surface area contributed by atoms with Gasteiger partial charge < -0.3 is 15.5 Å². The Kier molecular flexibility index (Phi) is 5.20. The molecule has 0 spiro atoms. The molecule has 128 valence electrons. The predicted molar refractivity (Wildman–Crippen MR) is 94.4 cm³/mol. The lowest BCUT2D eigenvalue weighted by atomic mass is 9.96. The Morgan fingerprint density at radius 2 is 2.04 bits per heavy atom. The maximum Gasteiger partial charge on any atom is 0.319 e. The molecule has 0 aromatic carbocycles. The van der Waals surface area contributed by atoms with Gasteiger partial charge in [-0.3, -0.25) is 9.67 Å². The third kappa shape index (κ3) is 3.97. The van der Waals surface area contributed by atoms with Crippen molar-refractivity contribution in [2.75, 3.05) is 29.9 Å². The number of carbonyl (C=O) groups excluding carboxylic acids is 1. The number of halogens is 1. The van der Waals surface area contributed by atoms with Crippen molar-refractivity contribution < 1.29 is 4.79 Å². The largest absolute Gasteiger partial charge is 0.371 e. The molecule has 2 aromatic rings. The van der Waals surface area contributed by atoms with Crippen molar-refractivity contribution in [2.45, 2.75) is 12.8 Å². The molecule has 3 rings (SSSR count). The standard InChI is InChI=1S/C16H21ClN6O/c1-22-15(17)14(11-20-22)21-16(24)19-10-12-4-8-23(9-5-12)13-2-6-18-7-3-13/h2-3,6-7,11-12H,4-5,8-10H2,1H3,(H2,19,21,24). The van der Waals surface area contributed by atoms with Gasteiger partial charge in [0.2, 0.25) is 0 Å². The highest BCUT2D eigenvalue weighted by Gasteiger charge is 2.20. The predicted octanol–water partition coefficient (Wildman–Crippen LogP) is 2.51. The molecule has 0 unspecified atom stereocenters. The van der Waals surface area contributed by atoms with E-state index in [0.29, 0.717) is 23.3 Å². The molecule has 0 atom stereocenters. The number of aryl methyl sites for hydroxylation is 1. The van der Waals surface area contributed by atoms with Crippen LogP contribution < -0.4 is 15.5 Å². The van der Waals surface area contributed by atoms with E-state index in [1.807, 2.05) is 24.5 Å². The van der Waals surface area contributed by atoms with Crippen LogP contribution in [0.4, 0.5) is 16.2 Å². The molecule has 3 heterocycles. The second-order valence-electron chi connectivity index (χ2n) is 5.94. The second-order valence-corrected chi connectivity index (χ2v) is 6.30. The van der Waals surface area contributed by atoms with E-state index >= 15 is 0 Å². The van der Waals surface area contributed by atoms with Gasteiger partial charge >= 0.3 is 6.03 Å². The Hall–Kier alpha value is -2.28. The number of hydrogen-bond acceptors (Lipinski definition) is 4. The van der Waals surface area contributed by atoms with Gasteiger partial charge in [0.1, 0.15) is 5.15 Å². The molecule has 2 N–H and O–H groups in total. The van der Waals surface area contributed by atoms with Crippen molar-refractivity contribution in [2.24, 2.45) is 13.0 Å². The molecule has 1 saturated heterocycles. The van der Waals surface area contributed by atoms with Crippen molar-refractivity contribution in [1.29, 1.82) is 0 Å². The van der Waals surface area contributed by atoms with Gasteiger partial charge in [-0.2, -0.15) is 5.10 Å². The third-order valence-corrected chi connectivity index (χ3v) is 4.76. The number of pyridine rings is 1. The van der Waals surface area contributed by atoms with Crippen LogP contribution in [-0.4, -0.2) is 40.4 Å². The average molecular weight is 349 g/mol. The molecule has 8 heteroatoms. The first-order valence-corrected chi connectivity index (χ1v) is 8.38. The fourth-order valence-corrected chi connectivity index (χ4v) is 3.00. The molecule has 0 bridgehead atoms. The average Bonchev–Trinajstić information content (AvgIpc) is 2.93. The summed E-state index contributed by atoms with van der Waals surface area (Å²) in [4.78, 5) is 18.4. The SMILES string of the molecule is Cn1ncc(NC(=O)NCC2CCN(c3ccncc3)CC2)c1Cl.